The summed E-state index contributed by atoms with van der Waals surface area (Å²) in [6, 6.07) is 0. The summed E-state index contributed by atoms with van der Waals surface area (Å²) in [4.78, 5) is 23.6. The van der Waals surface area contributed by atoms with Gasteiger partial charge in [0.1, 0.15) is 11.5 Å². The quantitative estimate of drug-likeness (QED) is 0.697. The van der Waals surface area contributed by atoms with Crippen LogP contribution < -0.4 is 0 Å². The SMILES string of the molecule is Cc1c(O)c2c(c(O)c1Br)C(=O)C=C(Br)C2=O. The minimum Gasteiger partial charge on any atom is -0.507 e. The van der Waals surface area contributed by atoms with Crippen LogP contribution in [0, 0.1) is 6.92 Å². The fourth-order valence-electron chi connectivity index (χ4n) is 1.65. The third-order valence-electron chi connectivity index (χ3n) is 2.56. The maximum absolute atomic E-state index is 11.8. The maximum Gasteiger partial charge on any atom is 0.204 e. The number of aromatic hydroxyl groups is 2. The predicted molar refractivity (Wildman–Crippen MR) is 67.9 cm³/mol. The molecule has 17 heavy (non-hydrogen) atoms. The fourth-order valence-corrected chi connectivity index (χ4v) is 2.44. The third kappa shape index (κ3) is 1.63. The first-order valence-corrected chi connectivity index (χ1v) is 6.15. The van der Waals surface area contributed by atoms with Crippen LogP contribution in [0.5, 0.6) is 11.5 Å². The van der Waals surface area contributed by atoms with Crippen LogP contribution in [0.3, 0.4) is 0 Å². The summed E-state index contributed by atoms with van der Waals surface area (Å²) in [5.74, 6) is -1.68. The van der Waals surface area contributed by atoms with Crippen LogP contribution in [0.15, 0.2) is 15.0 Å². The monoisotopic (exact) mass is 360 g/mol. The van der Waals surface area contributed by atoms with Crippen molar-refractivity contribution >= 4 is 43.4 Å². The van der Waals surface area contributed by atoms with Gasteiger partial charge in [-0.25, -0.2) is 0 Å². The predicted octanol–water partition coefficient (Wildman–Crippen LogP) is 2.83. The van der Waals surface area contributed by atoms with Gasteiger partial charge in [-0.15, -0.1) is 0 Å². The van der Waals surface area contributed by atoms with E-state index < -0.39 is 11.6 Å². The van der Waals surface area contributed by atoms with Crippen molar-refractivity contribution in [2.24, 2.45) is 0 Å². The third-order valence-corrected chi connectivity index (χ3v) is 4.12. The van der Waals surface area contributed by atoms with Gasteiger partial charge >= 0.3 is 0 Å². The van der Waals surface area contributed by atoms with E-state index in [4.69, 9.17) is 0 Å². The molecular weight excluding hydrogens is 356 g/mol. The molecule has 2 N–H and O–H groups in total. The minimum atomic E-state index is -0.528. The van der Waals surface area contributed by atoms with Gasteiger partial charge in [0, 0.05) is 11.6 Å². The summed E-state index contributed by atoms with van der Waals surface area (Å²) in [5, 5.41) is 19.7. The lowest BCUT2D eigenvalue weighted by molar-refractivity contribution is 0.0986. The van der Waals surface area contributed by atoms with Crippen molar-refractivity contribution in [3.8, 4) is 11.5 Å². The van der Waals surface area contributed by atoms with Crippen molar-refractivity contribution in [1.82, 2.24) is 0 Å². The van der Waals surface area contributed by atoms with E-state index in [1.807, 2.05) is 0 Å². The van der Waals surface area contributed by atoms with Gasteiger partial charge in [-0.3, -0.25) is 9.59 Å². The average molecular weight is 362 g/mol. The Hall–Kier alpha value is -1.14. The van der Waals surface area contributed by atoms with E-state index in [0.717, 1.165) is 6.08 Å². The highest BCUT2D eigenvalue weighted by molar-refractivity contribution is 9.12. The number of phenolic OH excluding ortho intramolecular Hbond substituents is 2. The van der Waals surface area contributed by atoms with E-state index in [-0.39, 0.29) is 31.6 Å². The Kier molecular flexibility index (Phi) is 2.87. The Labute approximate surface area is 113 Å². The molecule has 0 aromatic heterocycles. The molecule has 0 unspecified atom stereocenters. The van der Waals surface area contributed by atoms with E-state index in [1.54, 1.807) is 0 Å². The molecule has 2 rings (SSSR count). The topological polar surface area (TPSA) is 74.6 Å². The summed E-state index contributed by atoms with van der Waals surface area (Å²) in [7, 11) is 0. The van der Waals surface area contributed by atoms with Gasteiger partial charge in [-0.2, -0.15) is 0 Å². The van der Waals surface area contributed by atoms with Gasteiger partial charge in [0.05, 0.1) is 20.1 Å². The molecule has 0 saturated carbocycles. The zero-order valence-electron chi connectivity index (χ0n) is 8.54. The first kappa shape index (κ1) is 12.3. The molecule has 6 heteroatoms. The molecule has 0 aliphatic heterocycles. The number of benzene rings is 1. The first-order valence-electron chi connectivity index (χ1n) is 4.56. The summed E-state index contributed by atoms with van der Waals surface area (Å²) in [6.45, 7) is 1.53. The molecule has 1 aliphatic carbocycles. The normalized spacial score (nSPS) is 14.6. The molecule has 0 amide bonds. The number of hydrogen-bond donors (Lipinski definition) is 2. The van der Waals surface area contributed by atoms with E-state index in [9.17, 15) is 19.8 Å². The van der Waals surface area contributed by atoms with E-state index in [2.05, 4.69) is 31.9 Å². The number of Topliss-reactive ketones (excluding diaryl/α,β-unsaturated/α-hetero) is 1. The van der Waals surface area contributed by atoms with E-state index >= 15 is 0 Å². The molecule has 0 radical (unpaired) electrons. The number of rotatable bonds is 0. The fraction of sp³-hybridized carbons (Fsp3) is 0.0909. The van der Waals surface area contributed by atoms with Crippen molar-refractivity contribution in [2.45, 2.75) is 6.92 Å². The van der Waals surface area contributed by atoms with Crippen LogP contribution in [0.2, 0.25) is 0 Å². The lowest BCUT2D eigenvalue weighted by Crippen LogP contribution is -2.15. The zero-order valence-corrected chi connectivity index (χ0v) is 11.7. The van der Waals surface area contributed by atoms with Crippen molar-refractivity contribution in [3.05, 3.63) is 31.7 Å². The highest BCUT2D eigenvalue weighted by Crippen LogP contribution is 2.43. The Morgan fingerprint density at radius 2 is 1.65 bits per heavy atom. The van der Waals surface area contributed by atoms with Crippen LogP contribution in [-0.4, -0.2) is 21.8 Å². The minimum absolute atomic E-state index is 0.0615. The molecular formula is C11H6Br2O4. The molecule has 0 fully saturated rings. The van der Waals surface area contributed by atoms with Crippen LogP contribution in [-0.2, 0) is 0 Å². The highest BCUT2D eigenvalue weighted by atomic mass is 79.9. The Morgan fingerprint density at radius 1 is 1.06 bits per heavy atom. The van der Waals surface area contributed by atoms with Crippen molar-refractivity contribution < 1.29 is 19.8 Å². The molecule has 0 spiro atoms. The second-order valence-corrected chi connectivity index (χ2v) is 5.22. The van der Waals surface area contributed by atoms with Crippen LogP contribution >= 0.6 is 31.9 Å². The number of fused-ring (bicyclic) bond motifs is 1. The van der Waals surface area contributed by atoms with Gasteiger partial charge in [0.25, 0.3) is 0 Å². The first-order chi connectivity index (χ1) is 7.86. The Balaban J connectivity index is 2.93. The number of carbonyl (C=O) groups is 2. The van der Waals surface area contributed by atoms with Gasteiger partial charge in [0.2, 0.25) is 5.78 Å². The summed E-state index contributed by atoms with van der Waals surface area (Å²) < 4.78 is 0.271. The molecule has 88 valence electrons. The number of allylic oxidation sites excluding steroid dienone is 2. The summed E-state index contributed by atoms with van der Waals surface area (Å²) in [5.41, 5.74) is -0.0275. The highest BCUT2D eigenvalue weighted by Gasteiger charge is 2.32. The number of phenols is 2. The van der Waals surface area contributed by atoms with E-state index in [0.29, 0.717) is 5.56 Å². The molecule has 1 aromatic carbocycles. The average Bonchev–Trinajstić information content (AvgIpc) is 2.28. The number of halogens is 2. The molecule has 0 bridgehead atoms. The summed E-state index contributed by atoms with van der Waals surface area (Å²) >= 11 is 6.02. The standard InChI is InChI=1S/C11H6Br2O4/c1-3-8(13)11(17)6-5(14)2-4(12)10(16)7(6)9(3)15/h2,15,17H,1H3. The smallest absolute Gasteiger partial charge is 0.204 e. The van der Waals surface area contributed by atoms with Crippen molar-refractivity contribution in [1.29, 1.82) is 0 Å². The van der Waals surface area contributed by atoms with Gasteiger partial charge in [-0.1, -0.05) is 0 Å². The number of hydrogen-bond acceptors (Lipinski definition) is 4. The largest absolute Gasteiger partial charge is 0.507 e. The number of ketones is 2. The molecule has 4 nitrogen and oxygen atoms in total. The molecule has 0 heterocycles. The van der Waals surface area contributed by atoms with Crippen molar-refractivity contribution in [3.63, 3.8) is 0 Å². The Bertz CT molecular complexity index is 602. The molecule has 1 aromatic rings. The van der Waals surface area contributed by atoms with Gasteiger partial charge in [0.15, 0.2) is 5.78 Å². The molecule has 0 saturated heterocycles. The molecule has 1 aliphatic rings. The van der Waals surface area contributed by atoms with Crippen LogP contribution in [0.1, 0.15) is 26.3 Å². The lowest BCUT2D eigenvalue weighted by Gasteiger charge is -2.17. The maximum atomic E-state index is 11.8. The second kappa shape index (κ2) is 3.96. The van der Waals surface area contributed by atoms with Crippen LogP contribution in [0.25, 0.3) is 0 Å². The summed E-state index contributed by atoms with van der Waals surface area (Å²) in [6.07, 6.45) is 1.07. The number of carbonyl (C=O) groups excluding carboxylic acids is 2. The zero-order chi connectivity index (χ0) is 12.9. The van der Waals surface area contributed by atoms with Crippen LogP contribution in [0.4, 0.5) is 0 Å². The van der Waals surface area contributed by atoms with Crippen molar-refractivity contribution in [2.75, 3.05) is 0 Å². The molecule has 0 atom stereocenters. The van der Waals surface area contributed by atoms with E-state index in [1.165, 1.54) is 6.92 Å². The second-order valence-electron chi connectivity index (χ2n) is 3.57. The van der Waals surface area contributed by atoms with Gasteiger partial charge < -0.3 is 10.2 Å². The van der Waals surface area contributed by atoms with Gasteiger partial charge in [-0.05, 0) is 38.8 Å². The lowest BCUT2D eigenvalue weighted by atomic mass is 9.91. The Morgan fingerprint density at radius 3 is 2.24 bits per heavy atom.